The van der Waals surface area contributed by atoms with E-state index in [0.717, 1.165) is 58.9 Å². The molecule has 3 rings (SSSR count). The molecule has 0 aromatic heterocycles. The quantitative estimate of drug-likeness (QED) is 0.452. The summed E-state index contributed by atoms with van der Waals surface area (Å²) in [5.74, 6) is 0.644. The van der Waals surface area contributed by atoms with Crippen LogP contribution in [0.3, 0.4) is 0 Å². The average molecular weight is 431 g/mol. The van der Waals surface area contributed by atoms with Crippen molar-refractivity contribution in [3.8, 4) is 0 Å². The molecule has 23 heavy (non-hydrogen) atoms. The lowest BCUT2D eigenvalue weighted by Gasteiger charge is -2.37. The molecule has 6 heteroatoms. The Morgan fingerprint density at radius 2 is 1.65 bits per heavy atom. The molecule has 1 aromatic carbocycles. The molecule has 2 fully saturated rings. The molecule has 5 nitrogen and oxygen atoms in total. The second-order valence-corrected chi connectivity index (χ2v) is 6.03. The average Bonchev–Trinajstić information content (AvgIpc) is 2.62. The van der Waals surface area contributed by atoms with E-state index < -0.39 is 0 Å². The van der Waals surface area contributed by atoms with E-state index in [1.807, 2.05) is 0 Å². The van der Waals surface area contributed by atoms with Crippen molar-refractivity contribution in [2.24, 2.45) is 10.7 Å². The van der Waals surface area contributed by atoms with Gasteiger partial charge in [0.05, 0.1) is 19.8 Å². The summed E-state index contributed by atoms with van der Waals surface area (Å²) in [4.78, 5) is 6.84. The monoisotopic (exact) mass is 431 g/mol. The first kappa shape index (κ1) is 18.5. The van der Waals surface area contributed by atoms with Crippen LogP contribution in [0.5, 0.6) is 0 Å². The van der Waals surface area contributed by atoms with Gasteiger partial charge >= 0.3 is 0 Å². The number of rotatable bonds is 3. The summed E-state index contributed by atoms with van der Waals surface area (Å²) in [6.07, 6.45) is 1.99. The highest BCUT2D eigenvalue weighted by atomic mass is 127. The van der Waals surface area contributed by atoms with Crippen molar-refractivity contribution in [2.45, 2.75) is 18.3 Å². The van der Waals surface area contributed by atoms with E-state index in [0.29, 0.717) is 5.96 Å². The lowest BCUT2D eigenvalue weighted by atomic mass is 9.74. The highest BCUT2D eigenvalue weighted by Crippen LogP contribution is 2.35. The minimum Gasteiger partial charge on any atom is -0.381 e. The number of aliphatic imine (C=N–C) groups is 1. The molecule has 0 aliphatic carbocycles. The van der Waals surface area contributed by atoms with Gasteiger partial charge in [-0.3, -0.25) is 4.99 Å². The zero-order chi connectivity index (χ0) is 15.3. The summed E-state index contributed by atoms with van der Waals surface area (Å²) in [5.41, 5.74) is 7.59. The minimum atomic E-state index is 0. The van der Waals surface area contributed by atoms with E-state index in [1.165, 1.54) is 5.56 Å². The predicted octanol–water partition coefficient (Wildman–Crippen LogP) is 2.00. The normalized spacial score (nSPS) is 21.6. The molecule has 0 amide bonds. The van der Waals surface area contributed by atoms with Gasteiger partial charge in [0.25, 0.3) is 0 Å². The molecule has 128 valence electrons. The molecule has 0 bridgehead atoms. The Labute approximate surface area is 155 Å². The highest BCUT2D eigenvalue weighted by molar-refractivity contribution is 14.0. The number of morpholine rings is 1. The summed E-state index contributed by atoms with van der Waals surface area (Å²) < 4.78 is 10.9. The van der Waals surface area contributed by atoms with Crippen LogP contribution in [-0.2, 0) is 14.9 Å². The zero-order valence-electron chi connectivity index (χ0n) is 13.4. The number of hydrogen-bond acceptors (Lipinski definition) is 3. The second-order valence-electron chi connectivity index (χ2n) is 6.03. The van der Waals surface area contributed by atoms with Gasteiger partial charge in [-0.15, -0.1) is 24.0 Å². The van der Waals surface area contributed by atoms with Crippen molar-refractivity contribution in [2.75, 3.05) is 46.1 Å². The molecule has 0 unspecified atom stereocenters. The summed E-state index contributed by atoms with van der Waals surface area (Å²) in [7, 11) is 0. The van der Waals surface area contributed by atoms with Gasteiger partial charge in [0.15, 0.2) is 5.96 Å². The van der Waals surface area contributed by atoms with Gasteiger partial charge < -0.3 is 20.1 Å². The van der Waals surface area contributed by atoms with Crippen molar-refractivity contribution in [1.82, 2.24) is 4.90 Å². The van der Waals surface area contributed by atoms with Crippen molar-refractivity contribution in [3.05, 3.63) is 35.9 Å². The fourth-order valence-corrected chi connectivity index (χ4v) is 3.22. The fraction of sp³-hybridized carbons (Fsp3) is 0.588. The molecular weight excluding hydrogens is 405 g/mol. The first-order valence-corrected chi connectivity index (χ1v) is 8.06. The van der Waals surface area contributed by atoms with Gasteiger partial charge in [0.2, 0.25) is 0 Å². The first-order valence-electron chi connectivity index (χ1n) is 8.06. The number of ether oxygens (including phenoxy) is 2. The van der Waals surface area contributed by atoms with Crippen LogP contribution >= 0.6 is 24.0 Å². The van der Waals surface area contributed by atoms with E-state index in [9.17, 15) is 0 Å². The molecule has 2 aliphatic rings. The summed E-state index contributed by atoms with van der Waals surface area (Å²) in [6.45, 7) is 5.43. The summed E-state index contributed by atoms with van der Waals surface area (Å²) >= 11 is 0. The van der Waals surface area contributed by atoms with E-state index in [4.69, 9.17) is 20.2 Å². The SMILES string of the molecule is I.NC(=NCC1(c2ccccc2)CCOCC1)N1CCOCC1. The molecule has 2 saturated heterocycles. The highest BCUT2D eigenvalue weighted by Gasteiger charge is 2.34. The maximum atomic E-state index is 6.19. The van der Waals surface area contributed by atoms with Gasteiger partial charge in [-0.2, -0.15) is 0 Å². The Morgan fingerprint density at radius 1 is 1.04 bits per heavy atom. The number of nitrogens with two attached hydrogens (primary N) is 1. The Kier molecular flexibility index (Phi) is 7.10. The largest absolute Gasteiger partial charge is 0.381 e. The molecule has 2 aliphatic heterocycles. The number of guanidine groups is 1. The predicted molar refractivity (Wildman–Crippen MR) is 102 cm³/mol. The molecule has 0 atom stereocenters. The summed E-state index contributed by atoms with van der Waals surface area (Å²) in [5, 5.41) is 0. The topological polar surface area (TPSA) is 60.1 Å². The van der Waals surface area contributed by atoms with Crippen LogP contribution in [0, 0.1) is 0 Å². The number of nitrogens with zero attached hydrogens (tertiary/aromatic N) is 2. The Bertz CT molecular complexity index is 498. The van der Waals surface area contributed by atoms with Crippen LogP contribution in [0.4, 0.5) is 0 Å². The molecule has 0 radical (unpaired) electrons. The van der Waals surface area contributed by atoms with Crippen LogP contribution in [0.25, 0.3) is 0 Å². The van der Waals surface area contributed by atoms with Crippen molar-refractivity contribution in [1.29, 1.82) is 0 Å². The smallest absolute Gasteiger partial charge is 0.191 e. The van der Waals surface area contributed by atoms with Gasteiger partial charge in [-0.05, 0) is 18.4 Å². The Hall–Kier alpha value is -0.860. The van der Waals surface area contributed by atoms with E-state index >= 15 is 0 Å². The van der Waals surface area contributed by atoms with E-state index in [-0.39, 0.29) is 29.4 Å². The molecule has 1 aromatic rings. The van der Waals surface area contributed by atoms with Gasteiger partial charge in [-0.25, -0.2) is 0 Å². The van der Waals surface area contributed by atoms with Crippen molar-refractivity contribution in [3.63, 3.8) is 0 Å². The maximum absolute atomic E-state index is 6.19. The second kappa shape index (κ2) is 8.84. The number of halogens is 1. The standard InChI is InChI=1S/C17H25N3O2.HI/c18-16(20-8-12-22-13-9-20)19-14-17(6-10-21-11-7-17)15-4-2-1-3-5-15;/h1-5H,6-14H2,(H2,18,19);1H. The molecule has 0 saturated carbocycles. The molecule has 2 heterocycles. The van der Waals surface area contributed by atoms with Gasteiger partial charge in [-0.1, -0.05) is 30.3 Å². The van der Waals surface area contributed by atoms with Crippen LogP contribution < -0.4 is 5.73 Å². The first-order chi connectivity index (χ1) is 10.8. The van der Waals surface area contributed by atoms with E-state index in [2.05, 4.69) is 35.2 Å². The van der Waals surface area contributed by atoms with Gasteiger partial charge in [0.1, 0.15) is 0 Å². The third-order valence-electron chi connectivity index (χ3n) is 4.71. The zero-order valence-corrected chi connectivity index (χ0v) is 15.8. The van der Waals surface area contributed by atoms with Crippen molar-refractivity contribution < 1.29 is 9.47 Å². The molecule has 2 N–H and O–H groups in total. The van der Waals surface area contributed by atoms with Gasteiger partial charge in [0, 0.05) is 31.7 Å². The Balaban J connectivity index is 0.00000192. The molecular formula is C17H26IN3O2. The lowest BCUT2D eigenvalue weighted by Crippen LogP contribution is -2.46. The third kappa shape index (κ3) is 4.58. The Morgan fingerprint density at radius 3 is 2.30 bits per heavy atom. The van der Waals surface area contributed by atoms with Crippen LogP contribution in [0.1, 0.15) is 18.4 Å². The maximum Gasteiger partial charge on any atom is 0.191 e. The molecule has 0 spiro atoms. The lowest BCUT2D eigenvalue weighted by molar-refractivity contribution is 0.0524. The van der Waals surface area contributed by atoms with Crippen LogP contribution in [0.2, 0.25) is 0 Å². The van der Waals surface area contributed by atoms with Crippen LogP contribution in [-0.4, -0.2) is 56.9 Å². The number of benzene rings is 1. The number of hydrogen-bond donors (Lipinski definition) is 1. The fourth-order valence-electron chi connectivity index (χ4n) is 3.22. The van der Waals surface area contributed by atoms with E-state index in [1.54, 1.807) is 0 Å². The minimum absolute atomic E-state index is 0. The summed E-state index contributed by atoms with van der Waals surface area (Å²) in [6, 6.07) is 10.7. The van der Waals surface area contributed by atoms with Crippen molar-refractivity contribution >= 4 is 29.9 Å². The van der Waals surface area contributed by atoms with Crippen LogP contribution in [0.15, 0.2) is 35.3 Å². The third-order valence-corrected chi connectivity index (χ3v) is 4.71.